The van der Waals surface area contributed by atoms with Crippen LogP contribution in [-0.4, -0.2) is 52.9 Å². The summed E-state index contributed by atoms with van der Waals surface area (Å²) in [5.74, 6) is -0.253. The van der Waals surface area contributed by atoms with Gasteiger partial charge >= 0.3 is 12.0 Å². The highest BCUT2D eigenvalue weighted by molar-refractivity contribution is 5.82. The minimum Gasteiger partial charge on any atom is -0.480 e. The number of rotatable bonds is 4. The highest BCUT2D eigenvalue weighted by Crippen LogP contribution is 2.21. The number of aliphatic hydroxyl groups excluding tert-OH is 1. The zero-order valence-electron chi connectivity index (χ0n) is 10.2. The fourth-order valence-electron chi connectivity index (χ4n) is 1.92. The van der Waals surface area contributed by atoms with Gasteiger partial charge in [-0.1, -0.05) is 13.8 Å². The van der Waals surface area contributed by atoms with Crippen molar-refractivity contribution in [3.05, 3.63) is 0 Å². The SMILES string of the molecule is CC1CN(C(=O)N[C@H](CCO)C(=O)O)CC1C. The van der Waals surface area contributed by atoms with Crippen LogP contribution in [0.15, 0.2) is 0 Å². The Morgan fingerprint density at radius 1 is 1.35 bits per heavy atom. The van der Waals surface area contributed by atoms with Crippen molar-refractivity contribution >= 4 is 12.0 Å². The minimum absolute atomic E-state index is 0.0278. The molecule has 1 rings (SSSR count). The number of carbonyl (C=O) groups excluding carboxylic acids is 1. The molecule has 1 aliphatic heterocycles. The number of carbonyl (C=O) groups is 2. The molecule has 3 atom stereocenters. The Balaban J connectivity index is 2.50. The lowest BCUT2D eigenvalue weighted by molar-refractivity contribution is -0.139. The van der Waals surface area contributed by atoms with Crippen LogP contribution in [0.3, 0.4) is 0 Å². The van der Waals surface area contributed by atoms with E-state index < -0.39 is 12.0 Å². The van der Waals surface area contributed by atoms with Crippen molar-refractivity contribution < 1.29 is 19.8 Å². The van der Waals surface area contributed by atoms with Gasteiger partial charge in [-0.3, -0.25) is 0 Å². The zero-order valence-corrected chi connectivity index (χ0v) is 10.2. The van der Waals surface area contributed by atoms with Crippen LogP contribution in [0.4, 0.5) is 4.79 Å². The lowest BCUT2D eigenvalue weighted by atomic mass is 10.0. The third-order valence-electron chi connectivity index (χ3n) is 3.29. The van der Waals surface area contributed by atoms with Gasteiger partial charge in [-0.2, -0.15) is 0 Å². The maximum Gasteiger partial charge on any atom is 0.326 e. The van der Waals surface area contributed by atoms with E-state index in [1.807, 2.05) is 0 Å². The number of nitrogens with one attached hydrogen (secondary N) is 1. The van der Waals surface area contributed by atoms with Gasteiger partial charge in [0.1, 0.15) is 6.04 Å². The molecule has 0 aromatic carbocycles. The van der Waals surface area contributed by atoms with E-state index in [9.17, 15) is 9.59 Å². The van der Waals surface area contributed by atoms with Gasteiger partial charge in [0, 0.05) is 26.1 Å². The summed E-state index contributed by atoms with van der Waals surface area (Å²) in [6, 6.07) is -1.37. The van der Waals surface area contributed by atoms with Gasteiger partial charge in [0.25, 0.3) is 0 Å². The average molecular weight is 244 g/mol. The fraction of sp³-hybridized carbons (Fsp3) is 0.818. The first-order valence-corrected chi connectivity index (χ1v) is 5.84. The molecule has 0 aromatic heterocycles. The minimum atomic E-state index is -1.12. The third-order valence-corrected chi connectivity index (χ3v) is 3.29. The monoisotopic (exact) mass is 244 g/mol. The molecule has 3 N–H and O–H groups in total. The molecule has 0 radical (unpaired) electrons. The molecule has 17 heavy (non-hydrogen) atoms. The summed E-state index contributed by atoms with van der Waals surface area (Å²) < 4.78 is 0. The second-order valence-corrected chi connectivity index (χ2v) is 4.71. The van der Waals surface area contributed by atoms with Gasteiger partial charge in [0.15, 0.2) is 0 Å². The molecule has 0 saturated carbocycles. The van der Waals surface area contributed by atoms with Crippen LogP contribution in [0.25, 0.3) is 0 Å². The molecule has 6 nitrogen and oxygen atoms in total. The second kappa shape index (κ2) is 5.86. The number of nitrogens with zero attached hydrogens (tertiary/aromatic N) is 1. The Morgan fingerprint density at radius 3 is 2.29 bits per heavy atom. The molecule has 2 amide bonds. The summed E-state index contributed by atoms with van der Waals surface area (Å²) in [7, 11) is 0. The topological polar surface area (TPSA) is 89.9 Å². The van der Waals surface area contributed by atoms with Crippen molar-refractivity contribution in [2.75, 3.05) is 19.7 Å². The molecular weight excluding hydrogens is 224 g/mol. The molecule has 2 unspecified atom stereocenters. The number of likely N-dealkylation sites (tertiary alicyclic amines) is 1. The van der Waals surface area contributed by atoms with Crippen LogP contribution in [0.5, 0.6) is 0 Å². The molecule has 0 aromatic rings. The number of hydrogen-bond acceptors (Lipinski definition) is 3. The standard InChI is InChI=1S/C11H20N2O4/c1-7-5-13(6-8(7)2)11(17)12-9(3-4-14)10(15)16/h7-9,14H,3-6H2,1-2H3,(H,12,17)(H,15,16)/t7?,8?,9-/m1/s1. The Bertz CT molecular complexity index is 285. The van der Waals surface area contributed by atoms with Crippen molar-refractivity contribution in [2.24, 2.45) is 11.8 Å². The number of aliphatic hydroxyl groups is 1. The summed E-state index contributed by atoms with van der Waals surface area (Å²) in [5.41, 5.74) is 0. The predicted molar refractivity (Wildman–Crippen MR) is 61.6 cm³/mol. The number of hydrogen-bond donors (Lipinski definition) is 3. The summed E-state index contributed by atoms with van der Waals surface area (Å²) in [5, 5.41) is 20.0. The van der Waals surface area contributed by atoms with E-state index in [4.69, 9.17) is 10.2 Å². The molecule has 1 saturated heterocycles. The number of carboxylic acids is 1. The molecule has 0 aliphatic carbocycles. The van der Waals surface area contributed by atoms with Gasteiger partial charge in [-0.15, -0.1) is 0 Å². The van der Waals surface area contributed by atoms with Gasteiger partial charge in [0.05, 0.1) is 0 Å². The van der Waals surface area contributed by atoms with Gasteiger partial charge in [-0.25, -0.2) is 9.59 Å². The van der Waals surface area contributed by atoms with E-state index in [-0.39, 0.29) is 19.1 Å². The molecule has 98 valence electrons. The smallest absolute Gasteiger partial charge is 0.326 e. The molecule has 0 spiro atoms. The molecule has 1 heterocycles. The Hall–Kier alpha value is -1.30. The third kappa shape index (κ3) is 3.59. The summed E-state index contributed by atoms with van der Waals surface area (Å²) >= 11 is 0. The van der Waals surface area contributed by atoms with Crippen LogP contribution in [0.1, 0.15) is 20.3 Å². The van der Waals surface area contributed by atoms with E-state index in [0.717, 1.165) is 0 Å². The number of amides is 2. The lowest BCUT2D eigenvalue weighted by Crippen LogP contribution is -2.47. The van der Waals surface area contributed by atoms with Crippen LogP contribution in [0, 0.1) is 11.8 Å². The largest absolute Gasteiger partial charge is 0.480 e. The number of carboxylic acid groups (broad SMARTS) is 1. The first-order valence-electron chi connectivity index (χ1n) is 5.84. The normalized spacial score (nSPS) is 25.7. The van der Waals surface area contributed by atoms with Crippen LogP contribution in [0.2, 0.25) is 0 Å². The van der Waals surface area contributed by atoms with E-state index >= 15 is 0 Å². The average Bonchev–Trinajstić information content (AvgIpc) is 2.58. The van der Waals surface area contributed by atoms with Gasteiger partial charge < -0.3 is 20.4 Å². The van der Waals surface area contributed by atoms with E-state index in [0.29, 0.717) is 24.9 Å². The van der Waals surface area contributed by atoms with Crippen LogP contribution < -0.4 is 5.32 Å². The van der Waals surface area contributed by atoms with Crippen LogP contribution in [-0.2, 0) is 4.79 Å². The maximum absolute atomic E-state index is 11.8. The molecule has 1 aliphatic rings. The first kappa shape index (κ1) is 13.8. The summed E-state index contributed by atoms with van der Waals surface area (Å²) in [4.78, 5) is 24.2. The summed E-state index contributed by atoms with van der Waals surface area (Å²) in [6.45, 7) is 5.18. The molecule has 6 heteroatoms. The highest BCUT2D eigenvalue weighted by atomic mass is 16.4. The van der Waals surface area contributed by atoms with Crippen molar-refractivity contribution in [3.8, 4) is 0 Å². The predicted octanol–water partition coefficient (Wildman–Crippen LogP) is 0.119. The Morgan fingerprint density at radius 2 is 1.88 bits per heavy atom. The van der Waals surface area contributed by atoms with E-state index in [1.165, 1.54) is 0 Å². The Kier molecular flexibility index (Phi) is 4.74. The second-order valence-electron chi connectivity index (χ2n) is 4.71. The van der Waals surface area contributed by atoms with Gasteiger partial charge in [-0.05, 0) is 11.8 Å². The van der Waals surface area contributed by atoms with E-state index in [2.05, 4.69) is 19.2 Å². The van der Waals surface area contributed by atoms with Crippen molar-refractivity contribution in [1.82, 2.24) is 10.2 Å². The number of urea groups is 1. The Labute approximate surface area is 101 Å². The van der Waals surface area contributed by atoms with Gasteiger partial charge in [0.2, 0.25) is 0 Å². The van der Waals surface area contributed by atoms with Crippen molar-refractivity contribution in [1.29, 1.82) is 0 Å². The van der Waals surface area contributed by atoms with Crippen molar-refractivity contribution in [3.63, 3.8) is 0 Å². The van der Waals surface area contributed by atoms with E-state index in [1.54, 1.807) is 4.90 Å². The first-order chi connectivity index (χ1) is 7.95. The number of aliphatic carboxylic acids is 1. The maximum atomic E-state index is 11.8. The van der Waals surface area contributed by atoms with Crippen LogP contribution >= 0.6 is 0 Å². The molecule has 0 bridgehead atoms. The summed E-state index contributed by atoms with van der Waals surface area (Å²) in [6.07, 6.45) is 0.0278. The molecule has 1 fully saturated rings. The zero-order chi connectivity index (χ0) is 13.0. The lowest BCUT2D eigenvalue weighted by Gasteiger charge is -2.20. The highest BCUT2D eigenvalue weighted by Gasteiger charge is 2.31. The fourth-order valence-corrected chi connectivity index (χ4v) is 1.92. The molecular formula is C11H20N2O4. The van der Waals surface area contributed by atoms with Crippen molar-refractivity contribution in [2.45, 2.75) is 26.3 Å². The quantitative estimate of drug-likeness (QED) is 0.655.